The first-order valence-electron chi connectivity index (χ1n) is 13.4. The van der Waals surface area contributed by atoms with Crippen LogP contribution in [0.25, 0.3) is 11.0 Å². The number of piperidine rings is 1. The average Bonchev–Trinajstić information content (AvgIpc) is 3.31. The van der Waals surface area contributed by atoms with Crippen molar-refractivity contribution >= 4 is 22.6 Å². The molecule has 6 rings (SSSR count). The fourth-order valence-electron chi connectivity index (χ4n) is 6.33. The summed E-state index contributed by atoms with van der Waals surface area (Å²) in [7, 11) is 0. The van der Waals surface area contributed by atoms with Crippen LogP contribution in [0.15, 0.2) is 40.9 Å². The van der Waals surface area contributed by atoms with Gasteiger partial charge in [-0.25, -0.2) is 4.39 Å². The number of aromatic nitrogens is 1. The van der Waals surface area contributed by atoms with E-state index in [9.17, 15) is 9.18 Å². The molecule has 6 nitrogen and oxygen atoms in total. The van der Waals surface area contributed by atoms with Crippen molar-refractivity contribution in [2.24, 2.45) is 11.8 Å². The van der Waals surface area contributed by atoms with Crippen molar-refractivity contribution in [2.45, 2.75) is 57.3 Å². The number of benzene rings is 2. The maximum absolute atomic E-state index is 13.5. The molecular formula is C29H34FN3O3. The van der Waals surface area contributed by atoms with Gasteiger partial charge in [0.05, 0.1) is 12.3 Å². The van der Waals surface area contributed by atoms with Gasteiger partial charge in [-0.2, -0.15) is 0 Å². The molecule has 2 atom stereocenters. The molecule has 2 aliphatic heterocycles. The van der Waals surface area contributed by atoms with Gasteiger partial charge in [-0.3, -0.25) is 4.79 Å². The topological polar surface area (TPSA) is 67.6 Å². The van der Waals surface area contributed by atoms with Crippen LogP contribution in [0.4, 0.5) is 10.1 Å². The van der Waals surface area contributed by atoms with E-state index in [0.717, 1.165) is 68.0 Å². The van der Waals surface area contributed by atoms with Crippen LogP contribution < -0.4 is 10.1 Å². The molecule has 1 N–H and O–H groups in total. The smallest absolute Gasteiger partial charge is 0.224 e. The summed E-state index contributed by atoms with van der Waals surface area (Å²) in [4.78, 5) is 14.4. The van der Waals surface area contributed by atoms with Gasteiger partial charge in [0.15, 0.2) is 5.58 Å². The van der Waals surface area contributed by atoms with Crippen LogP contribution in [0.3, 0.4) is 0 Å². The summed E-state index contributed by atoms with van der Waals surface area (Å²) in [5.74, 6) is 2.20. The molecular weight excluding hydrogens is 457 g/mol. The SMILES string of the molecule is O=C1CCc2ccc(OC[C@H]3CCCC[C@@H]3CN3CCC(c4noc5cc(F)ccc45)CC3)cc2N1. The summed E-state index contributed by atoms with van der Waals surface area (Å²) in [5.41, 5.74) is 3.61. The molecule has 0 spiro atoms. The lowest BCUT2D eigenvalue weighted by Crippen LogP contribution is -2.40. The number of carbonyl (C=O) groups excluding carboxylic acids is 1. The second-order valence-corrected chi connectivity index (χ2v) is 10.8. The molecule has 1 saturated heterocycles. The molecule has 1 aliphatic carbocycles. The van der Waals surface area contributed by atoms with E-state index in [0.29, 0.717) is 29.8 Å². The molecule has 3 aromatic rings. The number of amides is 1. The minimum atomic E-state index is -0.288. The number of hydrogen-bond acceptors (Lipinski definition) is 5. The van der Waals surface area contributed by atoms with Crippen molar-refractivity contribution < 1.29 is 18.4 Å². The highest BCUT2D eigenvalue weighted by Gasteiger charge is 2.31. The van der Waals surface area contributed by atoms with E-state index in [-0.39, 0.29) is 11.7 Å². The lowest BCUT2D eigenvalue weighted by atomic mass is 9.79. The Labute approximate surface area is 211 Å². The maximum Gasteiger partial charge on any atom is 0.224 e. The lowest BCUT2D eigenvalue weighted by Gasteiger charge is -2.38. The second-order valence-electron chi connectivity index (χ2n) is 10.8. The standard InChI is InChI=1S/C29H34FN3O3/c30-23-7-9-25-27(15-23)36-32-29(25)20-11-13-33(14-12-20)17-21-3-1-2-4-22(21)18-35-24-8-5-19-6-10-28(34)31-26(19)16-24/h5,7-9,15-16,20-22H,1-4,6,10-14,17-18H2,(H,31,34)/t21-,22-/m1/s1. The predicted octanol–water partition coefficient (Wildman–Crippen LogP) is 5.92. The van der Waals surface area contributed by atoms with Crippen molar-refractivity contribution in [2.75, 3.05) is 31.6 Å². The first kappa shape index (κ1) is 23.5. The van der Waals surface area contributed by atoms with Gasteiger partial charge in [-0.1, -0.05) is 24.1 Å². The van der Waals surface area contributed by atoms with Gasteiger partial charge in [-0.15, -0.1) is 0 Å². The van der Waals surface area contributed by atoms with Crippen molar-refractivity contribution in [3.8, 4) is 5.75 Å². The molecule has 1 aromatic heterocycles. The molecule has 0 radical (unpaired) electrons. The third kappa shape index (κ3) is 4.99. The van der Waals surface area contributed by atoms with Crippen LogP contribution in [0, 0.1) is 17.7 Å². The summed E-state index contributed by atoms with van der Waals surface area (Å²) < 4.78 is 25.2. The normalized spacial score (nSPS) is 23.4. The van der Waals surface area contributed by atoms with Crippen molar-refractivity contribution in [3.05, 3.63) is 53.5 Å². The monoisotopic (exact) mass is 491 g/mol. The van der Waals surface area contributed by atoms with E-state index in [4.69, 9.17) is 9.26 Å². The highest BCUT2D eigenvalue weighted by molar-refractivity contribution is 5.94. The van der Waals surface area contributed by atoms with Gasteiger partial charge in [0.1, 0.15) is 11.6 Å². The Morgan fingerprint density at radius 3 is 2.72 bits per heavy atom. The number of nitrogens with one attached hydrogen (secondary N) is 1. The number of rotatable bonds is 6. The predicted molar refractivity (Wildman–Crippen MR) is 137 cm³/mol. The van der Waals surface area contributed by atoms with Crippen molar-refractivity contribution in [3.63, 3.8) is 0 Å². The Hall–Kier alpha value is -2.93. The molecule has 7 heteroatoms. The highest BCUT2D eigenvalue weighted by Crippen LogP contribution is 2.36. The van der Waals surface area contributed by atoms with Gasteiger partial charge >= 0.3 is 0 Å². The Morgan fingerprint density at radius 1 is 1.03 bits per heavy atom. The fraction of sp³-hybridized carbons (Fsp3) is 0.517. The van der Waals surface area contributed by atoms with Gasteiger partial charge in [0, 0.05) is 42.1 Å². The number of fused-ring (bicyclic) bond motifs is 2. The summed E-state index contributed by atoms with van der Waals surface area (Å²) in [6.07, 6.45) is 8.49. The molecule has 36 heavy (non-hydrogen) atoms. The summed E-state index contributed by atoms with van der Waals surface area (Å²) >= 11 is 0. The molecule has 190 valence electrons. The summed E-state index contributed by atoms with van der Waals surface area (Å²) in [6.45, 7) is 3.95. The number of hydrogen-bond donors (Lipinski definition) is 1. The molecule has 0 unspecified atom stereocenters. The Kier molecular flexibility index (Phi) is 6.65. The maximum atomic E-state index is 13.5. The first-order chi connectivity index (χ1) is 17.6. The number of anilines is 1. The zero-order valence-electron chi connectivity index (χ0n) is 20.7. The lowest BCUT2D eigenvalue weighted by molar-refractivity contribution is -0.116. The first-order valence-corrected chi connectivity index (χ1v) is 13.4. The van der Waals surface area contributed by atoms with E-state index in [1.54, 1.807) is 6.07 Å². The summed E-state index contributed by atoms with van der Waals surface area (Å²) in [5, 5.41) is 8.22. The molecule has 2 fully saturated rings. The largest absolute Gasteiger partial charge is 0.493 e. The molecule has 3 aliphatic rings. The number of aryl methyl sites for hydroxylation is 1. The van der Waals surface area contributed by atoms with Crippen molar-refractivity contribution in [1.29, 1.82) is 0 Å². The molecule has 2 aromatic carbocycles. The van der Waals surface area contributed by atoms with E-state index in [1.807, 2.05) is 12.1 Å². The highest BCUT2D eigenvalue weighted by atomic mass is 19.1. The van der Waals surface area contributed by atoms with Gasteiger partial charge in [0.25, 0.3) is 0 Å². The van der Waals surface area contributed by atoms with Crippen LogP contribution in [0.5, 0.6) is 5.75 Å². The second kappa shape index (κ2) is 10.2. The number of ether oxygens (including phenoxy) is 1. The average molecular weight is 492 g/mol. The number of likely N-dealkylation sites (tertiary alicyclic amines) is 1. The minimum Gasteiger partial charge on any atom is -0.493 e. The van der Waals surface area contributed by atoms with Crippen LogP contribution >= 0.6 is 0 Å². The molecule has 1 amide bonds. The summed E-state index contributed by atoms with van der Waals surface area (Å²) in [6, 6.07) is 10.8. The fourth-order valence-corrected chi connectivity index (χ4v) is 6.33. The van der Waals surface area contributed by atoms with Crippen LogP contribution in [-0.4, -0.2) is 42.2 Å². The Balaban J connectivity index is 1.04. The van der Waals surface area contributed by atoms with E-state index < -0.39 is 0 Å². The molecule has 3 heterocycles. The minimum absolute atomic E-state index is 0.0846. The molecule has 1 saturated carbocycles. The van der Waals surface area contributed by atoms with Crippen molar-refractivity contribution in [1.82, 2.24) is 10.1 Å². The van der Waals surface area contributed by atoms with Crippen LogP contribution in [0.2, 0.25) is 0 Å². The third-order valence-corrected chi connectivity index (χ3v) is 8.44. The zero-order chi connectivity index (χ0) is 24.5. The number of halogens is 1. The van der Waals surface area contributed by atoms with Gasteiger partial charge in [0.2, 0.25) is 5.91 Å². The number of carbonyl (C=O) groups is 1. The van der Waals surface area contributed by atoms with Gasteiger partial charge in [-0.05, 0) is 80.8 Å². The molecule has 0 bridgehead atoms. The van der Waals surface area contributed by atoms with E-state index >= 15 is 0 Å². The van der Waals surface area contributed by atoms with Crippen LogP contribution in [-0.2, 0) is 11.2 Å². The zero-order valence-corrected chi connectivity index (χ0v) is 20.7. The Bertz CT molecular complexity index is 1230. The third-order valence-electron chi connectivity index (χ3n) is 8.44. The number of nitrogens with zero attached hydrogens (tertiary/aromatic N) is 2. The Morgan fingerprint density at radius 2 is 1.86 bits per heavy atom. The van der Waals surface area contributed by atoms with E-state index in [1.165, 1.54) is 43.4 Å². The van der Waals surface area contributed by atoms with Crippen LogP contribution in [0.1, 0.15) is 62.1 Å². The van der Waals surface area contributed by atoms with E-state index in [2.05, 4.69) is 21.4 Å². The quantitative estimate of drug-likeness (QED) is 0.464. The van der Waals surface area contributed by atoms with Gasteiger partial charge < -0.3 is 19.5 Å².